The first-order valence-corrected chi connectivity index (χ1v) is 5.46. The van der Waals surface area contributed by atoms with E-state index in [9.17, 15) is 9.59 Å². The van der Waals surface area contributed by atoms with E-state index in [0.717, 1.165) is 11.8 Å². The fraction of sp³-hybridized carbons (Fsp3) is 0.273. The van der Waals surface area contributed by atoms with Crippen LogP contribution in [0, 0.1) is 0 Å². The minimum absolute atomic E-state index is 0.0115. The highest BCUT2D eigenvalue weighted by Gasteiger charge is 2.07. The van der Waals surface area contributed by atoms with Crippen molar-refractivity contribution in [1.82, 2.24) is 0 Å². The molecule has 0 aliphatic rings. The molecular weight excluding hydrogens is 196 g/mol. The first-order valence-electron chi connectivity index (χ1n) is 4.48. The standard InChI is InChI=1S/C11H12O2S/c1-2-11(13)14-8-10(12)9-6-4-3-5-7-9/h3-7H,2,8H2,1H3. The normalized spacial score (nSPS) is 9.79. The van der Waals surface area contributed by atoms with Crippen LogP contribution in [0.25, 0.3) is 0 Å². The Labute approximate surface area is 87.7 Å². The number of hydrogen-bond donors (Lipinski definition) is 0. The average molecular weight is 208 g/mol. The molecule has 74 valence electrons. The lowest BCUT2D eigenvalue weighted by Crippen LogP contribution is -2.04. The molecule has 0 saturated heterocycles. The summed E-state index contributed by atoms with van der Waals surface area (Å²) in [5.41, 5.74) is 0.670. The molecule has 0 aliphatic heterocycles. The van der Waals surface area contributed by atoms with E-state index in [1.807, 2.05) is 18.2 Å². The zero-order valence-electron chi connectivity index (χ0n) is 8.03. The lowest BCUT2D eigenvalue weighted by Gasteiger charge is -1.98. The van der Waals surface area contributed by atoms with E-state index >= 15 is 0 Å². The maximum Gasteiger partial charge on any atom is 0.189 e. The van der Waals surface area contributed by atoms with Gasteiger partial charge in [0.2, 0.25) is 0 Å². The minimum Gasteiger partial charge on any atom is -0.293 e. The summed E-state index contributed by atoms with van der Waals surface area (Å²) in [4.78, 5) is 22.5. The summed E-state index contributed by atoms with van der Waals surface area (Å²) in [6, 6.07) is 9.03. The van der Waals surface area contributed by atoms with Gasteiger partial charge in [0.25, 0.3) is 0 Å². The Bertz CT molecular complexity index is 319. The van der Waals surface area contributed by atoms with Crippen molar-refractivity contribution >= 4 is 22.7 Å². The van der Waals surface area contributed by atoms with Crippen molar-refractivity contribution in [3.63, 3.8) is 0 Å². The maximum atomic E-state index is 11.5. The van der Waals surface area contributed by atoms with E-state index in [1.165, 1.54) is 0 Å². The second-order valence-electron chi connectivity index (χ2n) is 2.80. The number of rotatable bonds is 4. The van der Waals surface area contributed by atoms with Crippen LogP contribution in [0.5, 0.6) is 0 Å². The molecule has 14 heavy (non-hydrogen) atoms. The lowest BCUT2D eigenvalue weighted by atomic mass is 10.2. The van der Waals surface area contributed by atoms with Crippen molar-refractivity contribution in [3.05, 3.63) is 35.9 Å². The van der Waals surface area contributed by atoms with E-state index in [1.54, 1.807) is 19.1 Å². The molecule has 0 aromatic heterocycles. The molecule has 0 atom stereocenters. The second-order valence-corrected chi connectivity index (χ2v) is 3.84. The molecule has 0 amide bonds. The molecule has 0 N–H and O–H groups in total. The zero-order chi connectivity index (χ0) is 10.4. The molecule has 0 unspecified atom stereocenters. The Hall–Kier alpha value is -1.09. The molecule has 1 aromatic rings. The Morgan fingerprint density at radius 1 is 1.21 bits per heavy atom. The Morgan fingerprint density at radius 3 is 2.43 bits per heavy atom. The highest BCUT2D eigenvalue weighted by atomic mass is 32.2. The van der Waals surface area contributed by atoms with Gasteiger partial charge in [0.1, 0.15) is 0 Å². The van der Waals surface area contributed by atoms with Crippen LogP contribution in [0.4, 0.5) is 0 Å². The maximum absolute atomic E-state index is 11.5. The largest absolute Gasteiger partial charge is 0.293 e. The van der Waals surface area contributed by atoms with E-state index in [-0.39, 0.29) is 16.7 Å². The molecule has 2 nitrogen and oxygen atoms in total. The number of benzene rings is 1. The Morgan fingerprint density at radius 2 is 1.86 bits per heavy atom. The average Bonchev–Trinajstić information content (AvgIpc) is 2.26. The molecule has 1 rings (SSSR count). The van der Waals surface area contributed by atoms with Gasteiger partial charge in [-0.25, -0.2) is 0 Å². The minimum atomic E-state index is 0.0115. The molecule has 0 radical (unpaired) electrons. The summed E-state index contributed by atoms with van der Waals surface area (Å²) in [5, 5.41) is 0.0641. The fourth-order valence-corrected chi connectivity index (χ4v) is 1.62. The molecule has 0 bridgehead atoms. The number of Topliss-reactive ketones (excluding diaryl/α,β-unsaturated/α-hetero) is 1. The van der Waals surface area contributed by atoms with Gasteiger partial charge in [0.05, 0.1) is 5.75 Å². The monoisotopic (exact) mass is 208 g/mol. The third kappa shape index (κ3) is 3.34. The summed E-state index contributed by atoms with van der Waals surface area (Å²) in [6.45, 7) is 1.79. The van der Waals surface area contributed by atoms with Gasteiger partial charge in [0, 0.05) is 12.0 Å². The molecule has 1 aromatic carbocycles. The lowest BCUT2D eigenvalue weighted by molar-refractivity contribution is -0.110. The van der Waals surface area contributed by atoms with Gasteiger partial charge in [-0.1, -0.05) is 49.0 Å². The predicted molar refractivity (Wildman–Crippen MR) is 58.5 cm³/mol. The van der Waals surface area contributed by atoms with Gasteiger partial charge < -0.3 is 0 Å². The van der Waals surface area contributed by atoms with Crippen LogP contribution < -0.4 is 0 Å². The van der Waals surface area contributed by atoms with Crippen molar-refractivity contribution in [3.8, 4) is 0 Å². The number of thioether (sulfide) groups is 1. The smallest absolute Gasteiger partial charge is 0.189 e. The fourth-order valence-electron chi connectivity index (χ4n) is 0.955. The molecule has 3 heteroatoms. The summed E-state index contributed by atoms with van der Waals surface area (Å²) in [5.74, 6) is 0.258. The van der Waals surface area contributed by atoms with Gasteiger partial charge in [0.15, 0.2) is 10.9 Å². The Balaban J connectivity index is 2.48. The van der Waals surface area contributed by atoms with Gasteiger partial charge in [-0.15, -0.1) is 0 Å². The quantitative estimate of drug-likeness (QED) is 0.713. The van der Waals surface area contributed by atoms with Crippen LogP contribution in [-0.4, -0.2) is 16.7 Å². The first-order chi connectivity index (χ1) is 6.74. The SMILES string of the molecule is CCC(=O)SCC(=O)c1ccccc1. The van der Waals surface area contributed by atoms with Crippen molar-refractivity contribution in [2.75, 3.05) is 5.75 Å². The summed E-state index contributed by atoms with van der Waals surface area (Å²) < 4.78 is 0. The third-order valence-corrected chi connectivity index (χ3v) is 2.77. The third-order valence-electron chi connectivity index (χ3n) is 1.75. The van der Waals surface area contributed by atoms with E-state index in [2.05, 4.69) is 0 Å². The Kier molecular flexibility index (Phi) is 4.40. The van der Waals surface area contributed by atoms with E-state index < -0.39 is 0 Å². The molecule has 0 spiro atoms. The first kappa shape index (κ1) is 11.0. The van der Waals surface area contributed by atoms with E-state index in [4.69, 9.17) is 0 Å². The van der Waals surface area contributed by atoms with Crippen molar-refractivity contribution in [2.45, 2.75) is 13.3 Å². The van der Waals surface area contributed by atoms with Gasteiger partial charge >= 0.3 is 0 Å². The summed E-state index contributed by atoms with van der Waals surface area (Å²) >= 11 is 1.09. The molecule has 0 heterocycles. The number of hydrogen-bond acceptors (Lipinski definition) is 3. The predicted octanol–water partition coefficient (Wildman–Crippen LogP) is 2.54. The van der Waals surface area contributed by atoms with Crippen LogP contribution >= 0.6 is 11.8 Å². The second kappa shape index (κ2) is 5.60. The number of carbonyl (C=O) groups is 2. The van der Waals surface area contributed by atoms with Gasteiger partial charge in [-0.2, -0.15) is 0 Å². The number of carbonyl (C=O) groups excluding carboxylic acids is 2. The molecule has 0 saturated carbocycles. The molecule has 0 aliphatic carbocycles. The van der Waals surface area contributed by atoms with Crippen molar-refractivity contribution in [1.29, 1.82) is 0 Å². The highest BCUT2D eigenvalue weighted by molar-refractivity contribution is 8.14. The van der Waals surface area contributed by atoms with E-state index in [0.29, 0.717) is 12.0 Å². The van der Waals surface area contributed by atoms with Gasteiger partial charge in [-0.05, 0) is 0 Å². The zero-order valence-corrected chi connectivity index (χ0v) is 8.84. The van der Waals surface area contributed by atoms with Crippen molar-refractivity contribution in [2.24, 2.45) is 0 Å². The van der Waals surface area contributed by atoms with Crippen LogP contribution in [0.2, 0.25) is 0 Å². The number of ketones is 1. The topological polar surface area (TPSA) is 34.1 Å². The van der Waals surface area contributed by atoms with Crippen LogP contribution in [0.15, 0.2) is 30.3 Å². The summed E-state index contributed by atoms with van der Waals surface area (Å²) in [6.07, 6.45) is 0.479. The van der Waals surface area contributed by atoms with Gasteiger partial charge in [-0.3, -0.25) is 9.59 Å². The molecule has 0 fully saturated rings. The van der Waals surface area contributed by atoms with Crippen LogP contribution in [-0.2, 0) is 4.79 Å². The molecular formula is C11H12O2S. The van der Waals surface area contributed by atoms with Crippen LogP contribution in [0.1, 0.15) is 23.7 Å². The highest BCUT2D eigenvalue weighted by Crippen LogP contribution is 2.09. The van der Waals surface area contributed by atoms with Crippen LogP contribution in [0.3, 0.4) is 0 Å². The van der Waals surface area contributed by atoms with Crippen molar-refractivity contribution < 1.29 is 9.59 Å². The summed E-state index contributed by atoms with van der Waals surface area (Å²) in [7, 11) is 0.